The second-order valence-electron chi connectivity index (χ2n) is 24.1. The van der Waals surface area contributed by atoms with Crippen LogP contribution in [0.3, 0.4) is 0 Å². The van der Waals surface area contributed by atoms with E-state index in [1.165, 1.54) is 270 Å². The molecule has 0 aliphatic rings. The number of unbranched alkanes of at least 4 members (excludes halogenated alkanes) is 49. The van der Waals surface area contributed by atoms with Crippen molar-refractivity contribution < 1.29 is 28.6 Å². The summed E-state index contributed by atoms with van der Waals surface area (Å²) < 4.78 is 17.0. The predicted molar refractivity (Wildman–Crippen MR) is 344 cm³/mol. The van der Waals surface area contributed by atoms with Crippen LogP contribution in [0.5, 0.6) is 0 Å². The molecule has 6 heteroatoms. The van der Waals surface area contributed by atoms with E-state index < -0.39 is 6.10 Å². The topological polar surface area (TPSA) is 78.9 Å². The van der Waals surface area contributed by atoms with E-state index in [-0.39, 0.29) is 31.1 Å². The summed E-state index contributed by atoms with van der Waals surface area (Å²) in [5.74, 6) is -0.847. The molecule has 0 radical (unpaired) electrons. The van der Waals surface area contributed by atoms with Gasteiger partial charge in [0.1, 0.15) is 13.2 Å². The Labute approximate surface area is 493 Å². The Hall–Kier alpha value is -2.37. The zero-order valence-corrected chi connectivity index (χ0v) is 53.4. The van der Waals surface area contributed by atoms with Gasteiger partial charge in [0.05, 0.1) is 0 Å². The maximum Gasteiger partial charge on any atom is 0.306 e. The predicted octanol–water partition coefficient (Wildman–Crippen LogP) is 24.3. The Bertz CT molecular complexity index is 1320. The van der Waals surface area contributed by atoms with Gasteiger partial charge >= 0.3 is 17.9 Å². The van der Waals surface area contributed by atoms with Crippen molar-refractivity contribution in [1.29, 1.82) is 0 Å². The molecule has 1 atom stereocenters. The lowest BCUT2D eigenvalue weighted by Gasteiger charge is -2.18. The second kappa shape index (κ2) is 68.1. The molecule has 0 aromatic rings. The number of rotatable bonds is 66. The SMILES string of the molecule is CC/C=C\C/C=C\C/C=C\CCCCCCCCCC(=O)OCC(COC(=O)CCCCCCCCCCCCCCCCCCCCCCCCCC)OC(=O)CCCCCCCCCCCCCCCCCCCCCC. The highest BCUT2D eigenvalue weighted by atomic mass is 16.6. The first-order chi connectivity index (χ1) is 39.0. The molecule has 0 saturated carbocycles. The van der Waals surface area contributed by atoms with Crippen molar-refractivity contribution in [3.05, 3.63) is 36.5 Å². The van der Waals surface area contributed by atoms with Crippen molar-refractivity contribution in [3.63, 3.8) is 0 Å². The lowest BCUT2D eigenvalue weighted by atomic mass is 10.0. The Kier molecular flexibility index (Phi) is 66.1. The normalized spacial score (nSPS) is 12.2. The highest BCUT2D eigenvalue weighted by Crippen LogP contribution is 2.19. The van der Waals surface area contributed by atoms with Crippen LogP contribution in [0.1, 0.15) is 393 Å². The van der Waals surface area contributed by atoms with Crippen molar-refractivity contribution in [2.75, 3.05) is 13.2 Å². The monoisotopic (exact) mass is 1110 g/mol. The molecule has 0 heterocycles. The van der Waals surface area contributed by atoms with Gasteiger partial charge in [0.15, 0.2) is 6.10 Å². The summed E-state index contributed by atoms with van der Waals surface area (Å²) in [5.41, 5.74) is 0. The van der Waals surface area contributed by atoms with Gasteiger partial charge in [-0.05, 0) is 51.4 Å². The van der Waals surface area contributed by atoms with Gasteiger partial charge in [-0.1, -0.05) is 359 Å². The quantitative estimate of drug-likeness (QED) is 0.0261. The summed E-state index contributed by atoms with van der Waals surface area (Å²) in [7, 11) is 0. The van der Waals surface area contributed by atoms with Crippen LogP contribution in [0, 0.1) is 0 Å². The summed E-state index contributed by atoms with van der Waals surface area (Å²) in [5, 5.41) is 0. The van der Waals surface area contributed by atoms with Crippen molar-refractivity contribution in [2.45, 2.75) is 399 Å². The minimum atomic E-state index is -0.774. The number of hydrogen-bond acceptors (Lipinski definition) is 6. The molecule has 0 amide bonds. The zero-order chi connectivity index (χ0) is 57.1. The minimum Gasteiger partial charge on any atom is -0.462 e. The Morgan fingerprint density at radius 2 is 0.494 bits per heavy atom. The summed E-state index contributed by atoms with van der Waals surface area (Å²) in [6, 6.07) is 0. The van der Waals surface area contributed by atoms with Crippen LogP contribution in [0.25, 0.3) is 0 Å². The lowest BCUT2D eigenvalue weighted by molar-refractivity contribution is -0.167. The summed E-state index contributed by atoms with van der Waals surface area (Å²) in [6.45, 7) is 6.61. The van der Waals surface area contributed by atoms with Crippen LogP contribution in [0.2, 0.25) is 0 Å². The third kappa shape index (κ3) is 66.3. The van der Waals surface area contributed by atoms with Crippen LogP contribution in [0.15, 0.2) is 36.5 Å². The molecule has 0 bridgehead atoms. The zero-order valence-electron chi connectivity index (χ0n) is 53.4. The van der Waals surface area contributed by atoms with E-state index in [1.807, 2.05) is 0 Å². The van der Waals surface area contributed by atoms with Gasteiger partial charge in [0.25, 0.3) is 0 Å². The van der Waals surface area contributed by atoms with Crippen molar-refractivity contribution in [2.24, 2.45) is 0 Å². The molecule has 0 rings (SSSR count). The van der Waals surface area contributed by atoms with E-state index in [0.717, 1.165) is 83.5 Å². The molecule has 0 aromatic carbocycles. The van der Waals surface area contributed by atoms with Gasteiger partial charge in [-0.2, -0.15) is 0 Å². The fraction of sp³-hybridized carbons (Fsp3) is 0.877. The van der Waals surface area contributed by atoms with Crippen molar-refractivity contribution >= 4 is 17.9 Å². The largest absolute Gasteiger partial charge is 0.462 e. The molecule has 0 aliphatic heterocycles. The van der Waals surface area contributed by atoms with Crippen LogP contribution in [0.4, 0.5) is 0 Å². The van der Waals surface area contributed by atoms with Crippen LogP contribution in [-0.4, -0.2) is 37.2 Å². The second-order valence-corrected chi connectivity index (χ2v) is 24.1. The summed E-state index contributed by atoms with van der Waals surface area (Å²) in [4.78, 5) is 38.5. The van der Waals surface area contributed by atoms with Crippen LogP contribution < -0.4 is 0 Å². The highest BCUT2D eigenvalue weighted by Gasteiger charge is 2.19. The smallest absolute Gasteiger partial charge is 0.306 e. The average molecular weight is 1110 g/mol. The Morgan fingerprint density at radius 3 is 0.772 bits per heavy atom. The molecule has 464 valence electrons. The molecule has 0 fully saturated rings. The first-order valence-corrected chi connectivity index (χ1v) is 35.5. The molecular weight excluding hydrogens is 973 g/mol. The molecule has 79 heavy (non-hydrogen) atoms. The minimum absolute atomic E-state index is 0.0692. The van der Waals surface area contributed by atoms with Crippen molar-refractivity contribution in [1.82, 2.24) is 0 Å². The summed E-state index contributed by atoms with van der Waals surface area (Å²) >= 11 is 0. The summed E-state index contributed by atoms with van der Waals surface area (Å²) in [6.07, 6.45) is 84.6. The standard InChI is InChI=1S/C73H136O6/c1-4-7-10-13-16-19-22-25-28-31-33-35-36-37-38-40-42-45-48-51-54-57-60-63-66-72(75)78-69-70(68-77-71(74)65-62-59-56-53-50-47-44-41-30-27-24-21-18-15-12-9-6-3)79-73(76)67-64-61-58-55-52-49-46-43-39-34-32-29-26-23-20-17-14-11-8-5-2/h9,12,18,21,27,30,70H,4-8,10-11,13-17,19-20,22-26,28-29,31-69H2,1-3H3/b12-9-,21-18-,30-27-. The van der Waals surface area contributed by atoms with Gasteiger partial charge in [-0.3, -0.25) is 14.4 Å². The fourth-order valence-corrected chi connectivity index (χ4v) is 10.9. The fourth-order valence-electron chi connectivity index (χ4n) is 10.9. The van der Waals surface area contributed by atoms with Gasteiger partial charge < -0.3 is 14.2 Å². The maximum absolute atomic E-state index is 13.0. The van der Waals surface area contributed by atoms with Crippen molar-refractivity contribution in [3.8, 4) is 0 Å². The van der Waals surface area contributed by atoms with E-state index in [1.54, 1.807) is 0 Å². The average Bonchev–Trinajstić information content (AvgIpc) is 3.45. The Balaban J connectivity index is 4.28. The lowest BCUT2D eigenvalue weighted by Crippen LogP contribution is -2.30. The highest BCUT2D eigenvalue weighted by molar-refractivity contribution is 5.71. The molecule has 0 saturated heterocycles. The van der Waals surface area contributed by atoms with Gasteiger partial charge in [0.2, 0.25) is 0 Å². The van der Waals surface area contributed by atoms with E-state index in [2.05, 4.69) is 57.2 Å². The van der Waals surface area contributed by atoms with E-state index >= 15 is 0 Å². The molecule has 1 unspecified atom stereocenters. The molecule has 0 spiro atoms. The van der Waals surface area contributed by atoms with Gasteiger partial charge in [0, 0.05) is 19.3 Å². The number of carbonyl (C=O) groups excluding carboxylic acids is 3. The molecule has 6 nitrogen and oxygen atoms in total. The van der Waals surface area contributed by atoms with E-state index in [4.69, 9.17) is 14.2 Å². The number of allylic oxidation sites excluding steroid dienone is 6. The number of esters is 3. The number of carbonyl (C=O) groups is 3. The number of hydrogen-bond donors (Lipinski definition) is 0. The maximum atomic E-state index is 13.0. The van der Waals surface area contributed by atoms with E-state index in [0.29, 0.717) is 19.3 Å². The first kappa shape index (κ1) is 76.6. The molecule has 0 aromatic heterocycles. The number of ether oxygens (including phenoxy) is 3. The molecular formula is C73H136O6. The molecule has 0 N–H and O–H groups in total. The van der Waals surface area contributed by atoms with E-state index in [9.17, 15) is 14.4 Å². The third-order valence-corrected chi connectivity index (χ3v) is 16.2. The van der Waals surface area contributed by atoms with Crippen LogP contribution >= 0.6 is 0 Å². The first-order valence-electron chi connectivity index (χ1n) is 35.5. The van der Waals surface area contributed by atoms with Gasteiger partial charge in [-0.15, -0.1) is 0 Å². The van der Waals surface area contributed by atoms with Gasteiger partial charge in [-0.25, -0.2) is 0 Å². The Morgan fingerprint density at radius 1 is 0.266 bits per heavy atom. The third-order valence-electron chi connectivity index (χ3n) is 16.2. The molecule has 0 aliphatic carbocycles. The van der Waals surface area contributed by atoms with Crippen LogP contribution in [-0.2, 0) is 28.6 Å².